The zero-order valence-corrected chi connectivity index (χ0v) is 18.6. The van der Waals surface area contributed by atoms with Crippen LogP contribution >= 0.6 is 0 Å². The first kappa shape index (κ1) is 21.3. The van der Waals surface area contributed by atoms with Gasteiger partial charge in [0.25, 0.3) is 5.91 Å². The van der Waals surface area contributed by atoms with E-state index in [-0.39, 0.29) is 17.7 Å². The molecule has 0 atom stereocenters. The molecule has 33 heavy (non-hydrogen) atoms. The van der Waals surface area contributed by atoms with Crippen molar-refractivity contribution < 1.29 is 14.7 Å². The topological polar surface area (TPSA) is 114 Å². The van der Waals surface area contributed by atoms with Crippen LogP contribution in [0.15, 0.2) is 43.1 Å². The molecule has 9 nitrogen and oxygen atoms in total. The minimum Gasteiger partial charge on any atom is -0.386 e. The number of benzene rings is 1. The molecular formula is C24H26N6O3. The molecule has 4 aromatic rings. The summed E-state index contributed by atoms with van der Waals surface area (Å²) in [5, 5.41) is 19.3. The van der Waals surface area contributed by atoms with Crippen LogP contribution in [0.25, 0.3) is 16.6 Å². The van der Waals surface area contributed by atoms with Gasteiger partial charge in [-0.15, -0.1) is 0 Å². The fourth-order valence-electron chi connectivity index (χ4n) is 4.57. The smallest absolute Gasteiger partial charge is 0.278 e. The first-order chi connectivity index (χ1) is 15.8. The number of hydrogen-bond acceptors (Lipinski definition) is 6. The van der Waals surface area contributed by atoms with E-state index in [9.17, 15) is 14.7 Å². The first-order valence-corrected chi connectivity index (χ1v) is 11.1. The molecule has 0 unspecified atom stereocenters. The van der Waals surface area contributed by atoms with E-state index in [1.165, 1.54) is 0 Å². The molecule has 2 N–H and O–H groups in total. The number of aromatic nitrogens is 5. The molecule has 1 aliphatic rings. The molecule has 1 aliphatic carbocycles. The van der Waals surface area contributed by atoms with Crippen LogP contribution in [-0.4, -0.2) is 41.4 Å². The molecule has 0 saturated heterocycles. The third-order valence-corrected chi connectivity index (χ3v) is 6.39. The van der Waals surface area contributed by atoms with Gasteiger partial charge in [0, 0.05) is 41.1 Å². The van der Waals surface area contributed by atoms with Crippen molar-refractivity contribution in [2.24, 2.45) is 5.92 Å². The minimum absolute atomic E-state index is 0.142. The monoisotopic (exact) mass is 446 g/mol. The van der Waals surface area contributed by atoms with Gasteiger partial charge in [-0.2, -0.15) is 5.10 Å². The summed E-state index contributed by atoms with van der Waals surface area (Å²) in [7, 11) is 0. The Hall–Kier alpha value is -3.59. The highest BCUT2D eigenvalue weighted by Crippen LogP contribution is 2.35. The van der Waals surface area contributed by atoms with Crippen molar-refractivity contribution in [1.82, 2.24) is 24.1 Å². The Morgan fingerprint density at radius 3 is 2.73 bits per heavy atom. The predicted molar refractivity (Wildman–Crippen MR) is 123 cm³/mol. The summed E-state index contributed by atoms with van der Waals surface area (Å²) in [6, 6.07) is 5.66. The van der Waals surface area contributed by atoms with Crippen LogP contribution in [0.2, 0.25) is 0 Å². The van der Waals surface area contributed by atoms with Gasteiger partial charge in [0.15, 0.2) is 11.3 Å². The standard InChI is InChI=1S/C24H26N6O3/c1-24(2,33)18-11-19-16(12-30(28-19)17-6-4-15(13-31)5-7-17)10-20(18)27-23(32)21-22-25-8-3-9-29(22)14-26-21/h3,8-15,17,33H,4-7H2,1-2H3,(H,27,32). The minimum atomic E-state index is -1.20. The van der Waals surface area contributed by atoms with E-state index in [1.54, 1.807) is 43.0 Å². The Morgan fingerprint density at radius 2 is 2.00 bits per heavy atom. The molecule has 0 radical (unpaired) electrons. The van der Waals surface area contributed by atoms with E-state index in [0.29, 0.717) is 16.9 Å². The van der Waals surface area contributed by atoms with Gasteiger partial charge in [-0.3, -0.25) is 13.9 Å². The maximum Gasteiger partial charge on any atom is 0.278 e. The molecule has 5 rings (SSSR count). The molecule has 9 heteroatoms. The third-order valence-electron chi connectivity index (χ3n) is 6.39. The molecule has 0 spiro atoms. The van der Waals surface area contributed by atoms with Crippen molar-refractivity contribution >= 4 is 34.4 Å². The van der Waals surface area contributed by atoms with Crippen molar-refractivity contribution in [1.29, 1.82) is 0 Å². The van der Waals surface area contributed by atoms with Crippen molar-refractivity contribution in [3.63, 3.8) is 0 Å². The van der Waals surface area contributed by atoms with E-state index in [4.69, 9.17) is 5.10 Å². The van der Waals surface area contributed by atoms with Gasteiger partial charge in [0.05, 0.1) is 17.2 Å². The Kier molecular flexibility index (Phi) is 5.20. The average molecular weight is 447 g/mol. The Labute approximate surface area is 190 Å². The maximum absolute atomic E-state index is 13.1. The van der Waals surface area contributed by atoms with Crippen LogP contribution in [0.4, 0.5) is 5.69 Å². The highest BCUT2D eigenvalue weighted by molar-refractivity contribution is 6.08. The van der Waals surface area contributed by atoms with Crippen LogP contribution in [0.3, 0.4) is 0 Å². The third kappa shape index (κ3) is 4.00. The fraction of sp³-hybridized carbons (Fsp3) is 0.375. The second kappa shape index (κ2) is 8.08. The zero-order chi connectivity index (χ0) is 23.2. The van der Waals surface area contributed by atoms with Gasteiger partial charge in [-0.05, 0) is 57.7 Å². The molecule has 1 saturated carbocycles. The van der Waals surface area contributed by atoms with Crippen LogP contribution in [0.5, 0.6) is 0 Å². The highest BCUT2D eigenvalue weighted by atomic mass is 16.3. The lowest BCUT2D eigenvalue weighted by atomic mass is 9.87. The van der Waals surface area contributed by atoms with E-state index >= 15 is 0 Å². The molecular weight excluding hydrogens is 420 g/mol. The number of aldehydes is 1. The van der Waals surface area contributed by atoms with Crippen LogP contribution < -0.4 is 5.32 Å². The lowest BCUT2D eigenvalue weighted by Crippen LogP contribution is -2.21. The summed E-state index contributed by atoms with van der Waals surface area (Å²) in [4.78, 5) is 32.6. The number of carbonyl (C=O) groups is 2. The van der Waals surface area contributed by atoms with Gasteiger partial charge < -0.3 is 15.2 Å². The van der Waals surface area contributed by atoms with Crippen molar-refractivity contribution in [3.05, 3.63) is 54.4 Å². The Balaban J connectivity index is 1.49. The van der Waals surface area contributed by atoms with Crippen LogP contribution in [0.1, 0.15) is 61.6 Å². The first-order valence-electron chi connectivity index (χ1n) is 11.1. The summed E-state index contributed by atoms with van der Waals surface area (Å²) in [5.41, 5.74) is 1.28. The average Bonchev–Trinajstić information content (AvgIpc) is 3.42. The molecule has 170 valence electrons. The molecule has 0 aliphatic heterocycles. The number of fused-ring (bicyclic) bond motifs is 2. The van der Waals surface area contributed by atoms with Gasteiger partial charge in [-0.1, -0.05) is 0 Å². The van der Waals surface area contributed by atoms with Gasteiger partial charge >= 0.3 is 0 Å². The number of nitrogens with one attached hydrogen (secondary N) is 1. The van der Waals surface area contributed by atoms with E-state index < -0.39 is 11.5 Å². The fourth-order valence-corrected chi connectivity index (χ4v) is 4.57. The maximum atomic E-state index is 13.1. The Morgan fingerprint density at radius 1 is 1.21 bits per heavy atom. The second-order valence-corrected chi connectivity index (χ2v) is 9.23. The molecule has 1 fully saturated rings. The van der Waals surface area contributed by atoms with E-state index in [2.05, 4.69) is 15.3 Å². The van der Waals surface area contributed by atoms with E-state index in [1.807, 2.05) is 23.0 Å². The number of imidazole rings is 1. The number of carbonyl (C=O) groups excluding carboxylic acids is 2. The summed E-state index contributed by atoms with van der Waals surface area (Å²) in [6.07, 6.45) is 11.5. The molecule has 1 aromatic carbocycles. The number of nitrogens with zero attached hydrogens (tertiary/aromatic N) is 5. The molecule has 0 bridgehead atoms. The quantitative estimate of drug-likeness (QED) is 0.454. The molecule has 1 amide bonds. The Bertz CT molecular complexity index is 1340. The number of rotatable bonds is 5. The molecule has 3 heterocycles. The summed E-state index contributed by atoms with van der Waals surface area (Å²) in [6.45, 7) is 3.35. The predicted octanol–water partition coefficient (Wildman–Crippen LogP) is 3.49. The molecule has 3 aromatic heterocycles. The van der Waals surface area contributed by atoms with Gasteiger partial charge in [-0.25, -0.2) is 9.97 Å². The zero-order valence-electron chi connectivity index (χ0n) is 18.6. The van der Waals surface area contributed by atoms with E-state index in [0.717, 1.165) is 42.9 Å². The van der Waals surface area contributed by atoms with Gasteiger partial charge in [0.1, 0.15) is 12.6 Å². The van der Waals surface area contributed by atoms with Crippen molar-refractivity contribution in [2.75, 3.05) is 5.32 Å². The summed E-state index contributed by atoms with van der Waals surface area (Å²) >= 11 is 0. The number of anilines is 1. The number of aliphatic hydroxyl groups is 1. The SMILES string of the molecule is CC(C)(O)c1cc2nn(C3CCC(C=O)CC3)cc2cc1NC(=O)c1ncn2cccnc12. The summed E-state index contributed by atoms with van der Waals surface area (Å²) in [5.74, 6) is -0.260. The normalized spacial score (nSPS) is 19.1. The lowest BCUT2D eigenvalue weighted by Gasteiger charge is -2.25. The number of hydrogen-bond donors (Lipinski definition) is 2. The summed E-state index contributed by atoms with van der Waals surface area (Å²) < 4.78 is 3.64. The van der Waals surface area contributed by atoms with Crippen LogP contribution in [-0.2, 0) is 10.4 Å². The lowest BCUT2D eigenvalue weighted by molar-refractivity contribution is -0.112. The number of amides is 1. The van der Waals surface area contributed by atoms with Crippen molar-refractivity contribution in [2.45, 2.75) is 51.2 Å². The van der Waals surface area contributed by atoms with Gasteiger partial charge in [0.2, 0.25) is 0 Å². The second-order valence-electron chi connectivity index (χ2n) is 9.23. The highest BCUT2D eigenvalue weighted by Gasteiger charge is 2.26. The largest absolute Gasteiger partial charge is 0.386 e. The van der Waals surface area contributed by atoms with Crippen molar-refractivity contribution in [3.8, 4) is 0 Å². The van der Waals surface area contributed by atoms with Crippen LogP contribution in [0, 0.1) is 5.92 Å².